The Morgan fingerprint density at radius 3 is 2.52 bits per heavy atom. The maximum Gasteiger partial charge on any atom is 0.254 e. The highest BCUT2D eigenvalue weighted by Gasteiger charge is 2.31. The Morgan fingerprint density at radius 1 is 1.09 bits per heavy atom. The van der Waals surface area contributed by atoms with E-state index in [0.29, 0.717) is 19.0 Å². The lowest BCUT2D eigenvalue weighted by molar-refractivity contribution is 0.0583. The molecule has 1 aliphatic carbocycles. The molecule has 1 unspecified atom stereocenters. The fourth-order valence-corrected chi connectivity index (χ4v) is 4.78. The minimum absolute atomic E-state index is 0.0984. The van der Waals surface area contributed by atoms with Gasteiger partial charge in [0, 0.05) is 49.9 Å². The summed E-state index contributed by atoms with van der Waals surface area (Å²) in [6, 6.07) is 10.8. The monoisotopic (exact) mass is 447 g/mol. The lowest BCUT2D eigenvalue weighted by Crippen LogP contribution is -2.49. The van der Waals surface area contributed by atoms with Gasteiger partial charge < -0.3 is 9.64 Å². The quantitative estimate of drug-likeness (QED) is 0.560. The highest BCUT2D eigenvalue weighted by atomic mass is 16.5. The minimum atomic E-state index is 0.0984. The number of hydrogen-bond acceptors (Lipinski definition) is 5. The number of nitrogens with zero attached hydrogens (tertiary/aromatic N) is 5. The van der Waals surface area contributed by atoms with Gasteiger partial charge in [0.1, 0.15) is 5.75 Å². The number of fused-ring (bicyclic) bond motifs is 1. The van der Waals surface area contributed by atoms with E-state index in [1.54, 1.807) is 7.11 Å². The van der Waals surface area contributed by atoms with E-state index in [9.17, 15) is 4.79 Å². The first-order chi connectivity index (χ1) is 16.0. The summed E-state index contributed by atoms with van der Waals surface area (Å²) in [5.41, 5.74) is 3.87. The molecular weight excluding hydrogens is 414 g/mol. The molecule has 1 saturated carbocycles. The third-order valence-corrected chi connectivity index (χ3v) is 7.03. The van der Waals surface area contributed by atoms with Crippen molar-refractivity contribution >= 4 is 16.9 Å². The highest BCUT2D eigenvalue weighted by molar-refractivity contribution is 6.05. The van der Waals surface area contributed by atoms with E-state index < -0.39 is 0 Å². The molecule has 0 radical (unpaired) electrons. The topological polar surface area (TPSA) is 63.5 Å². The van der Waals surface area contributed by atoms with Crippen LogP contribution >= 0.6 is 0 Å². The normalized spacial score (nSPS) is 18.2. The lowest BCUT2D eigenvalue weighted by atomic mass is 10.0. The van der Waals surface area contributed by atoms with E-state index in [1.807, 2.05) is 34.0 Å². The smallest absolute Gasteiger partial charge is 0.254 e. The van der Waals surface area contributed by atoms with Gasteiger partial charge in [-0.05, 0) is 57.4 Å². The van der Waals surface area contributed by atoms with Crippen LogP contribution in [0.4, 0.5) is 0 Å². The van der Waals surface area contributed by atoms with Gasteiger partial charge in [-0.3, -0.25) is 9.69 Å². The summed E-state index contributed by atoms with van der Waals surface area (Å²) < 4.78 is 7.33. The van der Waals surface area contributed by atoms with Gasteiger partial charge in [0.2, 0.25) is 0 Å². The van der Waals surface area contributed by atoms with Crippen molar-refractivity contribution in [2.24, 2.45) is 0 Å². The average molecular weight is 448 g/mol. The van der Waals surface area contributed by atoms with E-state index in [2.05, 4.69) is 42.9 Å². The van der Waals surface area contributed by atoms with Crippen LogP contribution in [0, 0.1) is 0 Å². The number of ether oxygens (including phenoxy) is 1. The molecule has 0 N–H and O–H groups in total. The Hall–Kier alpha value is -2.93. The number of pyridine rings is 1. The fourth-order valence-electron chi connectivity index (χ4n) is 4.78. The Labute approximate surface area is 195 Å². The first-order valence-electron chi connectivity index (χ1n) is 12.0. The Balaban J connectivity index is 1.35. The summed E-state index contributed by atoms with van der Waals surface area (Å²) in [4.78, 5) is 23.0. The lowest BCUT2D eigenvalue weighted by Gasteiger charge is -2.38. The second kappa shape index (κ2) is 8.78. The highest BCUT2D eigenvalue weighted by Crippen LogP contribution is 2.40. The van der Waals surface area contributed by atoms with Gasteiger partial charge in [-0.25, -0.2) is 9.67 Å². The van der Waals surface area contributed by atoms with Crippen LogP contribution in [0.5, 0.6) is 5.75 Å². The van der Waals surface area contributed by atoms with Crippen molar-refractivity contribution in [1.82, 2.24) is 24.6 Å². The molecule has 1 aliphatic heterocycles. The molecule has 1 atom stereocenters. The first kappa shape index (κ1) is 21.9. The van der Waals surface area contributed by atoms with Crippen LogP contribution in [0.3, 0.4) is 0 Å². The van der Waals surface area contributed by atoms with Crippen LogP contribution in [-0.2, 0) is 0 Å². The van der Waals surface area contributed by atoms with Crippen molar-refractivity contribution in [3.05, 3.63) is 53.3 Å². The van der Waals surface area contributed by atoms with Crippen LogP contribution in [0.15, 0.2) is 36.5 Å². The van der Waals surface area contributed by atoms with Crippen molar-refractivity contribution in [1.29, 1.82) is 0 Å². The van der Waals surface area contributed by atoms with Crippen molar-refractivity contribution < 1.29 is 9.53 Å². The molecule has 33 heavy (non-hydrogen) atoms. The largest absolute Gasteiger partial charge is 0.497 e. The zero-order valence-corrected chi connectivity index (χ0v) is 20.0. The van der Waals surface area contributed by atoms with Crippen LogP contribution < -0.4 is 4.74 Å². The van der Waals surface area contributed by atoms with Gasteiger partial charge in [0.05, 0.1) is 24.3 Å². The molecule has 7 nitrogen and oxygen atoms in total. The summed E-state index contributed by atoms with van der Waals surface area (Å²) in [5.74, 6) is 1.46. The molecular formula is C26H33N5O2. The molecule has 0 bridgehead atoms. The number of amides is 1. The van der Waals surface area contributed by atoms with E-state index in [1.165, 1.54) is 5.56 Å². The van der Waals surface area contributed by atoms with Gasteiger partial charge in [-0.1, -0.05) is 12.1 Å². The van der Waals surface area contributed by atoms with Crippen LogP contribution in [0.1, 0.15) is 73.2 Å². The van der Waals surface area contributed by atoms with Gasteiger partial charge in [-0.15, -0.1) is 0 Å². The second-order valence-electron chi connectivity index (χ2n) is 9.57. The summed E-state index contributed by atoms with van der Waals surface area (Å²) in [7, 11) is 1.70. The SMILES string of the molecule is COc1cccc(C(C)N2CCN(C(=O)c3cc(C4CC4)nc4c3cnn4C(C)C)CC2)c1. The molecule has 2 fully saturated rings. The number of piperazine rings is 1. The standard InChI is InChI=1S/C26H33N5O2/c1-17(2)31-25-23(16-27-31)22(15-24(28-25)19-8-9-19)26(32)30-12-10-29(11-13-30)18(3)20-6-5-7-21(14-20)33-4/h5-7,14-19H,8-13H2,1-4H3. The molecule has 3 heterocycles. The zero-order valence-electron chi connectivity index (χ0n) is 20.0. The molecule has 5 rings (SSSR count). The van der Waals surface area contributed by atoms with Crippen LogP contribution in [0.25, 0.3) is 11.0 Å². The molecule has 1 aromatic carbocycles. The molecule has 7 heteroatoms. The van der Waals surface area contributed by atoms with Gasteiger partial charge in [0.15, 0.2) is 5.65 Å². The summed E-state index contributed by atoms with van der Waals surface area (Å²) in [6.07, 6.45) is 4.12. The molecule has 174 valence electrons. The predicted octanol–water partition coefficient (Wildman–Crippen LogP) is 4.42. The number of carbonyl (C=O) groups excluding carboxylic acids is 1. The third kappa shape index (κ3) is 4.22. The average Bonchev–Trinajstić information content (AvgIpc) is 3.61. The van der Waals surface area contributed by atoms with Crippen molar-refractivity contribution in [2.75, 3.05) is 33.3 Å². The van der Waals surface area contributed by atoms with E-state index in [-0.39, 0.29) is 18.0 Å². The van der Waals surface area contributed by atoms with Crippen molar-refractivity contribution in [3.8, 4) is 5.75 Å². The Bertz CT molecular complexity index is 1160. The van der Waals surface area contributed by atoms with E-state index in [0.717, 1.165) is 54.0 Å². The second-order valence-corrected chi connectivity index (χ2v) is 9.57. The first-order valence-corrected chi connectivity index (χ1v) is 12.0. The Kier molecular flexibility index (Phi) is 5.83. The predicted molar refractivity (Wildman–Crippen MR) is 129 cm³/mol. The number of carbonyl (C=O) groups is 1. The number of aromatic nitrogens is 3. The number of methoxy groups -OCH3 is 1. The molecule has 1 saturated heterocycles. The molecule has 3 aromatic rings. The molecule has 2 aliphatic rings. The zero-order chi connectivity index (χ0) is 23.1. The maximum atomic E-state index is 13.6. The van der Waals surface area contributed by atoms with E-state index >= 15 is 0 Å². The number of hydrogen-bond donors (Lipinski definition) is 0. The summed E-state index contributed by atoms with van der Waals surface area (Å²) in [6.45, 7) is 9.55. The molecule has 1 amide bonds. The van der Waals surface area contributed by atoms with Gasteiger partial charge in [-0.2, -0.15) is 5.10 Å². The van der Waals surface area contributed by atoms with Crippen LogP contribution in [-0.4, -0.2) is 63.8 Å². The van der Waals surface area contributed by atoms with Crippen LogP contribution in [0.2, 0.25) is 0 Å². The fraction of sp³-hybridized carbons (Fsp3) is 0.500. The van der Waals surface area contributed by atoms with Crippen molar-refractivity contribution in [2.45, 2.75) is 51.6 Å². The summed E-state index contributed by atoms with van der Waals surface area (Å²) >= 11 is 0. The Morgan fingerprint density at radius 2 is 1.85 bits per heavy atom. The summed E-state index contributed by atoms with van der Waals surface area (Å²) in [5, 5.41) is 5.42. The number of benzene rings is 1. The van der Waals surface area contributed by atoms with E-state index in [4.69, 9.17) is 9.72 Å². The van der Waals surface area contributed by atoms with Crippen molar-refractivity contribution in [3.63, 3.8) is 0 Å². The third-order valence-electron chi connectivity index (χ3n) is 7.03. The van der Waals surface area contributed by atoms with Gasteiger partial charge in [0.25, 0.3) is 5.91 Å². The molecule has 2 aromatic heterocycles. The van der Waals surface area contributed by atoms with Gasteiger partial charge >= 0.3 is 0 Å². The minimum Gasteiger partial charge on any atom is -0.497 e. The number of rotatable bonds is 6. The maximum absolute atomic E-state index is 13.6. The molecule has 0 spiro atoms.